The highest BCUT2D eigenvalue weighted by Crippen LogP contribution is 2.07. The number of rotatable bonds is 1. The first-order valence-corrected chi connectivity index (χ1v) is 3.22. The van der Waals surface area contributed by atoms with Crippen molar-refractivity contribution in [2.24, 2.45) is 0 Å². The molecule has 3 nitrogen and oxygen atoms in total. The molecule has 3 heteroatoms. The molecule has 0 aliphatic carbocycles. The first kappa shape index (κ1) is 9.83. The van der Waals surface area contributed by atoms with Gasteiger partial charge in [-0.3, -0.25) is 0 Å². The van der Waals surface area contributed by atoms with Crippen molar-refractivity contribution in [3.8, 4) is 11.8 Å². The molecule has 0 aromatic rings. The van der Waals surface area contributed by atoms with E-state index in [2.05, 4.69) is 16.6 Å². The molecule has 0 radical (unpaired) electrons. The molecule has 0 saturated heterocycles. The van der Waals surface area contributed by atoms with Gasteiger partial charge in [0.2, 0.25) is 0 Å². The molecule has 0 atom stereocenters. The Morgan fingerprint density at radius 3 is 2.36 bits per heavy atom. The molecule has 0 aromatic carbocycles. The number of hydrogen-bond acceptors (Lipinski definition) is 3. The highest BCUT2D eigenvalue weighted by atomic mass is 16.7. The Morgan fingerprint density at radius 1 is 1.45 bits per heavy atom. The normalized spacial score (nSPS) is 9.45. The molecular formula is C8H12O3. The first-order valence-electron chi connectivity index (χ1n) is 3.22. The lowest BCUT2D eigenvalue weighted by Gasteiger charge is -2.16. The van der Waals surface area contributed by atoms with E-state index in [1.54, 1.807) is 20.8 Å². The molecule has 62 valence electrons. The van der Waals surface area contributed by atoms with Crippen molar-refractivity contribution >= 4 is 6.16 Å². The van der Waals surface area contributed by atoms with E-state index in [1.165, 1.54) is 7.11 Å². The third kappa shape index (κ3) is 4.26. The Balaban J connectivity index is 4.08. The van der Waals surface area contributed by atoms with Crippen LogP contribution in [0.3, 0.4) is 0 Å². The van der Waals surface area contributed by atoms with Crippen molar-refractivity contribution in [1.29, 1.82) is 0 Å². The average molecular weight is 156 g/mol. The van der Waals surface area contributed by atoms with Gasteiger partial charge < -0.3 is 9.47 Å². The number of methoxy groups -OCH3 is 1. The van der Waals surface area contributed by atoms with E-state index in [1.807, 2.05) is 0 Å². The van der Waals surface area contributed by atoms with Gasteiger partial charge >= 0.3 is 6.16 Å². The summed E-state index contributed by atoms with van der Waals surface area (Å²) in [6, 6.07) is 0. The van der Waals surface area contributed by atoms with Crippen LogP contribution in [0.4, 0.5) is 4.79 Å². The summed E-state index contributed by atoms with van der Waals surface area (Å²) in [5.41, 5.74) is -0.762. The Morgan fingerprint density at radius 2 is 2.00 bits per heavy atom. The van der Waals surface area contributed by atoms with Crippen molar-refractivity contribution in [2.75, 3.05) is 7.11 Å². The highest BCUT2D eigenvalue weighted by Gasteiger charge is 2.19. The second-order valence-electron chi connectivity index (χ2n) is 2.44. The Kier molecular flexibility index (Phi) is 3.46. The number of carbonyl (C=O) groups excluding carboxylic acids is 1. The van der Waals surface area contributed by atoms with E-state index in [0.717, 1.165) is 0 Å². The van der Waals surface area contributed by atoms with Crippen molar-refractivity contribution in [3.05, 3.63) is 0 Å². The van der Waals surface area contributed by atoms with Gasteiger partial charge in [-0.1, -0.05) is 5.92 Å². The van der Waals surface area contributed by atoms with Crippen LogP contribution in [0, 0.1) is 11.8 Å². The second-order valence-corrected chi connectivity index (χ2v) is 2.44. The van der Waals surface area contributed by atoms with Gasteiger partial charge in [-0.05, 0) is 20.8 Å². The quantitative estimate of drug-likeness (QED) is 0.427. The van der Waals surface area contributed by atoms with Crippen molar-refractivity contribution in [1.82, 2.24) is 0 Å². The van der Waals surface area contributed by atoms with E-state index in [-0.39, 0.29) is 0 Å². The Hall–Kier alpha value is -1.17. The van der Waals surface area contributed by atoms with Crippen LogP contribution < -0.4 is 0 Å². The van der Waals surface area contributed by atoms with Gasteiger partial charge in [0.1, 0.15) is 0 Å². The van der Waals surface area contributed by atoms with Crippen LogP contribution >= 0.6 is 0 Å². The van der Waals surface area contributed by atoms with Gasteiger partial charge in [0, 0.05) is 0 Å². The van der Waals surface area contributed by atoms with Gasteiger partial charge in [0.15, 0.2) is 5.60 Å². The predicted molar refractivity (Wildman–Crippen MR) is 41.0 cm³/mol. The maximum Gasteiger partial charge on any atom is 0.509 e. The first-order chi connectivity index (χ1) is 5.02. The average Bonchev–Trinajstić information content (AvgIpc) is 1.86. The van der Waals surface area contributed by atoms with Crippen molar-refractivity contribution in [3.63, 3.8) is 0 Å². The second kappa shape index (κ2) is 3.87. The summed E-state index contributed by atoms with van der Waals surface area (Å²) in [6.45, 7) is 5.07. The number of hydrogen-bond donors (Lipinski definition) is 0. The maximum atomic E-state index is 10.6. The summed E-state index contributed by atoms with van der Waals surface area (Å²) in [6.07, 6.45) is -0.710. The fourth-order valence-corrected chi connectivity index (χ4v) is 0.577. The Labute approximate surface area is 66.7 Å². The van der Waals surface area contributed by atoms with Gasteiger partial charge in [0.05, 0.1) is 7.11 Å². The minimum Gasteiger partial charge on any atom is -0.438 e. The van der Waals surface area contributed by atoms with Gasteiger partial charge in [0.25, 0.3) is 0 Å². The van der Waals surface area contributed by atoms with Crippen LogP contribution in [0.5, 0.6) is 0 Å². The molecule has 0 saturated carbocycles. The minimum atomic E-state index is -0.762. The lowest BCUT2D eigenvalue weighted by atomic mass is 10.1. The standard InChI is InChI=1S/C8H12O3/c1-5-6-8(2,3)11-7(9)10-4/h1-4H3. The predicted octanol–water partition coefficient (Wildman–Crippen LogP) is 1.57. The zero-order chi connectivity index (χ0) is 8.91. The van der Waals surface area contributed by atoms with E-state index < -0.39 is 11.8 Å². The molecule has 0 bridgehead atoms. The molecule has 11 heavy (non-hydrogen) atoms. The zero-order valence-electron chi connectivity index (χ0n) is 7.22. The van der Waals surface area contributed by atoms with Gasteiger partial charge in [-0.2, -0.15) is 0 Å². The lowest BCUT2D eigenvalue weighted by Crippen LogP contribution is -2.25. The third-order valence-electron chi connectivity index (χ3n) is 0.931. The summed E-state index contributed by atoms with van der Waals surface area (Å²) in [5.74, 6) is 5.37. The summed E-state index contributed by atoms with van der Waals surface area (Å²) >= 11 is 0. The van der Waals surface area contributed by atoms with E-state index in [4.69, 9.17) is 4.74 Å². The zero-order valence-corrected chi connectivity index (χ0v) is 7.22. The number of ether oxygens (including phenoxy) is 2. The molecule has 0 heterocycles. The van der Waals surface area contributed by atoms with Crippen LogP contribution in [0.25, 0.3) is 0 Å². The summed E-state index contributed by atoms with van der Waals surface area (Å²) in [5, 5.41) is 0. The fraction of sp³-hybridized carbons (Fsp3) is 0.625. The molecule has 0 N–H and O–H groups in total. The highest BCUT2D eigenvalue weighted by molar-refractivity contribution is 5.60. The lowest BCUT2D eigenvalue weighted by molar-refractivity contribution is 0.0221. The molecular weight excluding hydrogens is 144 g/mol. The van der Waals surface area contributed by atoms with Crippen LogP contribution in [0.2, 0.25) is 0 Å². The molecule has 0 spiro atoms. The smallest absolute Gasteiger partial charge is 0.438 e. The topological polar surface area (TPSA) is 35.5 Å². The summed E-state index contributed by atoms with van der Waals surface area (Å²) in [7, 11) is 1.26. The van der Waals surface area contributed by atoms with Crippen LogP contribution in [0.15, 0.2) is 0 Å². The molecule has 0 unspecified atom stereocenters. The molecule has 0 rings (SSSR count). The third-order valence-corrected chi connectivity index (χ3v) is 0.931. The van der Waals surface area contributed by atoms with E-state index >= 15 is 0 Å². The maximum absolute atomic E-state index is 10.6. The summed E-state index contributed by atoms with van der Waals surface area (Å²) < 4.78 is 9.10. The largest absolute Gasteiger partial charge is 0.509 e. The van der Waals surface area contributed by atoms with Gasteiger partial charge in [-0.15, -0.1) is 5.92 Å². The molecule has 0 aliphatic heterocycles. The van der Waals surface area contributed by atoms with Crippen molar-refractivity contribution < 1.29 is 14.3 Å². The van der Waals surface area contributed by atoms with Gasteiger partial charge in [-0.25, -0.2) is 4.79 Å². The molecule has 0 fully saturated rings. The molecule has 0 aliphatic rings. The van der Waals surface area contributed by atoms with Crippen LogP contribution in [-0.2, 0) is 9.47 Å². The molecule has 0 amide bonds. The van der Waals surface area contributed by atoms with Crippen molar-refractivity contribution in [2.45, 2.75) is 26.4 Å². The van der Waals surface area contributed by atoms with E-state index in [0.29, 0.717) is 0 Å². The van der Waals surface area contributed by atoms with Crippen LogP contribution in [-0.4, -0.2) is 18.9 Å². The molecule has 0 aromatic heterocycles. The SMILES string of the molecule is CC#CC(C)(C)OC(=O)OC. The minimum absolute atomic E-state index is 0.710. The summed E-state index contributed by atoms with van der Waals surface area (Å²) in [4.78, 5) is 10.6. The van der Waals surface area contributed by atoms with E-state index in [9.17, 15) is 4.79 Å². The fourth-order valence-electron chi connectivity index (χ4n) is 0.577. The Bertz CT molecular complexity index is 195. The van der Waals surface area contributed by atoms with Crippen LogP contribution in [0.1, 0.15) is 20.8 Å². The number of carbonyl (C=O) groups is 1. The monoisotopic (exact) mass is 156 g/mol.